The van der Waals surface area contributed by atoms with Crippen LogP contribution in [0.3, 0.4) is 0 Å². The van der Waals surface area contributed by atoms with E-state index >= 15 is 0 Å². The normalized spacial score (nSPS) is 47.8. The van der Waals surface area contributed by atoms with Crippen LogP contribution in [0.15, 0.2) is 0 Å². The molecule has 1 aliphatic heterocycles. The summed E-state index contributed by atoms with van der Waals surface area (Å²) < 4.78 is 0. The molecule has 1 aliphatic carbocycles. The zero-order valence-electron chi connectivity index (χ0n) is 9.37. The second-order valence-corrected chi connectivity index (χ2v) is 5.81. The van der Waals surface area contributed by atoms with E-state index in [4.69, 9.17) is 12.6 Å². The minimum absolute atomic E-state index is 0.468. The fraction of sp³-hybridized carbons (Fsp3) is 1.00. The fourth-order valence-electron chi connectivity index (χ4n) is 3.39. The Morgan fingerprint density at radius 3 is 2.86 bits per heavy atom. The molecule has 2 heteroatoms. The summed E-state index contributed by atoms with van der Waals surface area (Å²) in [6.07, 6.45) is 6.88. The van der Waals surface area contributed by atoms with Crippen LogP contribution >= 0.6 is 12.6 Å². The number of rotatable bonds is 2. The summed E-state index contributed by atoms with van der Waals surface area (Å²) in [5.41, 5.74) is 0. The Hall–Kier alpha value is 0.310. The number of hydrogen-bond donors (Lipinski definition) is 2. The van der Waals surface area contributed by atoms with Gasteiger partial charge in [-0.1, -0.05) is 20.3 Å². The molecule has 1 saturated heterocycles. The van der Waals surface area contributed by atoms with Crippen molar-refractivity contribution in [2.24, 2.45) is 17.8 Å². The van der Waals surface area contributed by atoms with E-state index in [-0.39, 0.29) is 0 Å². The molecule has 2 rings (SSSR count). The topological polar surface area (TPSA) is 12.0 Å². The predicted molar refractivity (Wildman–Crippen MR) is 64.6 cm³/mol. The zero-order valence-corrected chi connectivity index (χ0v) is 10.3. The molecule has 0 aromatic heterocycles. The SMILES string of the molecule is CCCC1C(S)NC2CCC(C)CC21. The van der Waals surface area contributed by atoms with Crippen LogP contribution in [0.2, 0.25) is 0 Å². The minimum Gasteiger partial charge on any atom is -0.302 e. The Balaban J connectivity index is 2.02. The van der Waals surface area contributed by atoms with Crippen LogP contribution in [-0.2, 0) is 0 Å². The molecular formula is C12H23NS. The molecule has 5 unspecified atom stereocenters. The van der Waals surface area contributed by atoms with Crippen LogP contribution in [0.1, 0.15) is 46.0 Å². The summed E-state index contributed by atoms with van der Waals surface area (Å²) in [5, 5.41) is 4.14. The lowest BCUT2D eigenvalue weighted by atomic mass is 9.74. The molecule has 0 radical (unpaired) electrons. The van der Waals surface area contributed by atoms with E-state index in [1.165, 1.54) is 32.1 Å². The van der Waals surface area contributed by atoms with Gasteiger partial charge in [-0.25, -0.2) is 0 Å². The van der Waals surface area contributed by atoms with E-state index in [1.54, 1.807) is 0 Å². The molecular weight excluding hydrogens is 190 g/mol. The lowest BCUT2D eigenvalue weighted by Gasteiger charge is -2.32. The number of nitrogens with one attached hydrogen (secondary N) is 1. The third-order valence-electron chi connectivity index (χ3n) is 4.12. The molecule has 82 valence electrons. The van der Waals surface area contributed by atoms with Crippen molar-refractivity contribution in [2.75, 3.05) is 0 Å². The second-order valence-electron chi connectivity index (χ2n) is 5.25. The first-order chi connectivity index (χ1) is 6.72. The van der Waals surface area contributed by atoms with Crippen molar-refractivity contribution in [3.05, 3.63) is 0 Å². The first kappa shape index (κ1) is 10.8. The van der Waals surface area contributed by atoms with Gasteiger partial charge in [0.2, 0.25) is 0 Å². The van der Waals surface area contributed by atoms with Gasteiger partial charge in [-0.15, -0.1) is 0 Å². The molecule has 0 aromatic rings. The van der Waals surface area contributed by atoms with Gasteiger partial charge in [0.15, 0.2) is 0 Å². The van der Waals surface area contributed by atoms with Crippen LogP contribution in [0, 0.1) is 17.8 Å². The maximum absolute atomic E-state index is 4.69. The van der Waals surface area contributed by atoms with E-state index in [2.05, 4.69) is 19.2 Å². The first-order valence-electron chi connectivity index (χ1n) is 6.16. The summed E-state index contributed by atoms with van der Waals surface area (Å²) in [5.74, 6) is 2.69. The third-order valence-corrected chi connectivity index (χ3v) is 4.66. The second kappa shape index (κ2) is 4.44. The van der Waals surface area contributed by atoms with Gasteiger partial charge >= 0.3 is 0 Å². The molecule has 0 spiro atoms. The highest BCUT2D eigenvalue weighted by molar-refractivity contribution is 7.80. The van der Waals surface area contributed by atoms with Crippen molar-refractivity contribution >= 4 is 12.6 Å². The first-order valence-corrected chi connectivity index (χ1v) is 6.68. The molecule has 0 amide bonds. The zero-order chi connectivity index (χ0) is 10.1. The molecule has 2 fully saturated rings. The lowest BCUT2D eigenvalue weighted by Crippen LogP contribution is -2.33. The smallest absolute Gasteiger partial charge is 0.0536 e. The van der Waals surface area contributed by atoms with Crippen molar-refractivity contribution in [1.29, 1.82) is 0 Å². The highest BCUT2D eigenvalue weighted by Gasteiger charge is 2.42. The molecule has 1 N–H and O–H groups in total. The Morgan fingerprint density at radius 2 is 2.14 bits per heavy atom. The fourth-order valence-corrected chi connectivity index (χ4v) is 3.95. The maximum Gasteiger partial charge on any atom is 0.0536 e. The molecule has 0 bridgehead atoms. The minimum atomic E-state index is 0.468. The van der Waals surface area contributed by atoms with Crippen molar-refractivity contribution < 1.29 is 0 Å². The summed E-state index contributed by atoms with van der Waals surface area (Å²) in [6.45, 7) is 4.70. The molecule has 1 heterocycles. The Labute approximate surface area is 93.4 Å². The van der Waals surface area contributed by atoms with Gasteiger partial charge in [0, 0.05) is 6.04 Å². The largest absolute Gasteiger partial charge is 0.302 e. The van der Waals surface area contributed by atoms with Gasteiger partial charge in [0.05, 0.1) is 5.37 Å². The van der Waals surface area contributed by atoms with Gasteiger partial charge in [-0.2, -0.15) is 12.6 Å². The van der Waals surface area contributed by atoms with Gasteiger partial charge in [0.25, 0.3) is 0 Å². The number of hydrogen-bond acceptors (Lipinski definition) is 2. The van der Waals surface area contributed by atoms with E-state index in [1.807, 2.05) is 0 Å². The monoisotopic (exact) mass is 213 g/mol. The predicted octanol–water partition coefficient (Wildman–Crippen LogP) is 3.07. The van der Waals surface area contributed by atoms with E-state index in [9.17, 15) is 0 Å². The van der Waals surface area contributed by atoms with Crippen molar-refractivity contribution in [3.8, 4) is 0 Å². The highest BCUT2D eigenvalue weighted by atomic mass is 32.1. The number of thiol groups is 1. The highest BCUT2D eigenvalue weighted by Crippen LogP contribution is 2.42. The maximum atomic E-state index is 4.69. The van der Waals surface area contributed by atoms with E-state index in [0.29, 0.717) is 5.37 Å². The third kappa shape index (κ3) is 1.96. The van der Waals surface area contributed by atoms with E-state index in [0.717, 1.165) is 23.8 Å². The summed E-state index contributed by atoms with van der Waals surface area (Å²) in [7, 11) is 0. The summed E-state index contributed by atoms with van der Waals surface area (Å²) in [6, 6.07) is 0.783. The van der Waals surface area contributed by atoms with Crippen molar-refractivity contribution in [2.45, 2.75) is 57.4 Å². The number of fused-ring (bicyclic) bond motifs is 1. The van der Waals surface area contributed by atoms with Crippen LogP contribution < -0.4 is 5.32 Å². The lowest BCUT2D eigenvalue weighted by molar-refractivity contribution is 0.214. The van der Waals surface area contributed by atoms with Gasteiger partial charge < -0.3 is 5.32 Å². The molecule has 1 saturated carbocycles. The average Bonchev–Trinajstić information content (AvgIpc) is 2.45. The Kier molecular flexibility index (Phi) is 3.43. The van der Waals surface area contributed by atoms with Crippen LogP contribution in [-0.4, -0.2) is 11.4 Å². The quantitative estimate of drug-likeness (QED) is 0.672. The Bertz CT molecular complexity index is 195. The summed E-state index contributed by atoms with van der Waals surface area (Å²) in [4.78, 5) is 0. The van der Waals surface area contributed by atoms with Crippen LogP contribution in [0.4, 0.5) is 0 Å². The molecule has 14 heavy (non-hydrogen) atoms. The van der Waals surface area contributed by atoms with Crippen LogP contribution in [0.25, 0.3) is 0 Å². The van der Waals surface area contributed by atoms with Crippen LogP contribution in [0.5, 0.6) is 0 Å². The standard InChI is InChI=1S/C12H23NS/c1-3-4-9-10-7-8(2)5-6-11(10)13-12(9)14/h8-14H,3-7H2,1-2H3. The van der Waals surface area contributed by atoms with Gasteiger partial charge in [-0.3, -0.25) is 0 Å². The van der Waals surface area contributed by atoms with Crippen molar-refractivity contribution in [3.63, 3.8) is 0 Å². The average molecular weight is 213 g/mol. The summed E-state index contributed by atoms with van der Waals surface area (Å²) >= 11 is 4.69. The van der Waals surface area contributed by atoms with E-state index < -0.39 is 0 Å². The molecule has 1 nitrogen and oxygen atoms in total. The van der Waals surface area contributed by atoms with Crippen molar-refractivity contribution in [1.82, 2.24) is 5.32 Å². The molecule has 2 aliphatic rings. The van der Waals surface area contributed by atoms with Gasteiger partial charge in [-0.05, 0) is 43.4 Å². The molecule has 0 aromatic carbocycles. The molecule has 5 atom stereocenters. The van der Waals surface area contributed by atoms with Gasteiger partial charge in [0.1, 0.15) is 0 Å². The Morgan fingerprint density at radius 1 is 1.36 bits per heavy atom.